The summed E-state index contributed by atoms with van der Waals surface area (Å²) in [6.07, 6.45) is -2.40. The summed E-state index contributed by atoms with van der Waals surface area (Å²) in [4.78, 5) is 0. The largest absolute Gasteiger partial charge is 0.389 e. The molecule has 0 aromatic rings. The zero-order valence-electron chi connectivity index (χ0n) is 9.89. The lowest BCUT2D eigenvalue weighted by Gasteiger charge is -2.27. The van der Waals surface area contributed by atoms with E-state index in [1.165, 1.54) is 0 Å². The van der Waals surface area contributed by atoms with Crippen LogP contribution in [0, 0.1) is 0 Å². The van der Waals surface area contributed by atoms with Gasteiger partial charge in [-0.05, 0) is 19.3 Å². The average Bonchev–Trinajstić information content (AvgIpc) is 2.63. The molecule has 0 atom stereocenters. The molecule has 0 aliphatic heterocycles. The summed E-state index contributed by atoms with van der Waals surface area (Å²) < 4.78 is 61.9. The maximum atomic E-state index is 12.0. The van der Waals surface area contributed by atoms with E-state index >= 15 is 0 Å². The Bertz CT molecular complexity index is 364. The summed E-state index contributed by atoms with van der Waals surface area (Å²) in [7, 11) is -3.64. The second kappa shape index (κ2) is 6.09. The Kier molecular flexibility index (Phi) is 5.49. The molecule has 1 N–H and O–H groups in total. The van der Waals surface area contributed by atoms with Crippen molar-refractivity contribution in [3.05, 3.63) is 0 Å². The van der Waals surface area contributed by atoms with Crippen LogP contribution in [0.25, 0.3) is 0 Å². The van der Waals surface area contributed by atoms with Gasteiger partial charge >= 0.3 is 6.18 Å². The van der Waals surface area contributed by atoms with Crippen molar-refractivity contribution in [2.45, 2.75) is 50.2 Å². The van der Waals surface area contributed by atoms with Gasteiger partial charge in [-0.3, -0.25) is 0 Å². The van der Waals surface area contributed by atoms with Crippen LogP contribution in [0.1, 0.15) is 38.5 Å². The second-order valence-electron chi connectivity index (χ2n) is 4.76. The minimum atomic E-state index is -4.30. The number of sulfonamides is 1. The first-order valence-corrected chi connectivity index (χ1v) is 8.60. The maximum absolute atomic E-state index is 12.0. The lowest BCUT2D eigenvalue weighted by molar-refractivity contribution is -0.134. The zero-order valence-corrected chi connectivity index (χ0v) is 12.3. The molecule has 3 nitrogen and oxygen atoms in total. The van der Waals surface area contributed by atoms with Gasteiger partial charge in [0.2, 0.25) is 10.0 Å². The predicted octanol–water partition coefficient (Wildman–Crippen LogP) is 2.96. The van der Waals surface area contributed by atoms with Gasteiger partial charge in [-0.25, -0.2) is 13.1 Å². The second-order valence-corrected chi connectivity index (χ2v) is 7.16. The number of hydrogen-bond donors (Lipinski definition) is 1. The monoisotopic (exact) mass is 351 g/mol. The summed E-state index contributed by atoms with van der Waals surface area (Å²) in [5.74, 6) is -0.471. The molecule has 0 amide bonds. The lowest BCUT2D eigenvalue weighted by atomic mass is 10.0. The molecule has 1 aliphatic carbocycles. The highest BCUT2D eigenvalue weighted by Crippen LogP contribution is 2.32. The lowest BCUT2D eigenvalue weighted by Crippen LogP contribution is -2.48. The summed E-state index contributed by atoms with van der Waals surface area (Å²) in [5.41, 5.74) is -0.503. The van der Waals surface area contributed by atoms with Crippen molar-refractivity contribution in [2.75, 3.05) is 11.1 Å². The minimum absolute atomic E-state index is 0.392. The van der Waals surface area contributed by atoms with Crippen LogP contribution in [0.2, 0.25) is 0 Å². The van der Waals surface area contributed by atoms with E-state index in [0.29, 0.717) is 5.33 Å². The van der Waals surface area contributed by atoms with E-state index in [-0.39, 0.29) is 0 Å². The molecule has 0 spiro atoms. The number of hydrogen-bond acceptors (Lipinski definition) is 2. The molecule has 8 heteroatoms. The van der Waals surface area contributed by atoms with Crippen molar-refractivity contribution in [1.29, 1.82) is 0 Å². The summed E-state index contributed by atoms with van der Waals surface area (Å²) >= 11 is 3.28. The smallest absolute Gasteiger partial charge is 0.212 e. The summed E-state index contributed by atoms with van der Waals surface area (Å²) in [6.45, 7) is 0. The fraction of sp³-hybridized carbons (Fsp3) is 1.00. The van der Waals surface area contributed by atoms with Gasteiger partial charge in [0, 0.05) is 17.3 Å². The highest BCUT2D eigenvalue weighted by molar-refractivity contribution is 9.09. The molecule has 0 unspecified atom stereocenters. The summed E-state index contributed by atoms with van der Waals surface area (Å²) in [5, 5.41) is 0.499. The van der Waals surface area contributed by atoms with Crippen LogP contribution in [-0.4, -0.2) is 31.2 Å². The van der Waals surface area contributed by atoms with Crippen molar-refractivity contribution in [1.82, 2.24) is 4.72 Å². The van der Waals surface area contributed by atoms with Gasteiger partial charge in [-0.15, -0.1) is 0 Å². The molecule has 0 heterocycles. The highest BCUT2D eigenvalue weighted by Gasteiger charge is 2.36. The molecule has 0 aromatic carbocycles. The number of halogens is 4. The van der Waals surface area contributed by atoms with E-state index < -0.39 is 40.3 Å². The molecule has 1 fully saturated rings. The molecule has 1 aliphatic rings. The van der Waals surface area contributed by atoms with Gasteiger partial charge in [-0.1, -0.05) is 28.8 Å². The van der Waals surface area contributed by atoms with Crippen LogP contribution in [0.3, 0.4) is 0 Å². The van der Waals surface area contributed by atoms with Crippen LogP contribution < -0.4 is 4.72 Å². The molecule has 0 radical (unpaired) electrons. The molecule has 108 valence electrons. The molecule has 0 saturated heterocycles. The van der Waals surface area contributed by atoms with Crippen LogP contribution in [0.15, 0.2) is 0 Å². The Balaban J connectivity index is 2.49. The first kappa shape index (κ1) is 16.2. The van der Waals surface area contributed by atoms with Crippen molar-refractivity contribution in [3.63, 3.8) is 0 Å². The molecular weight excluding hydrogens is 335 g/mol. The van der Waals surface area contributed by atoms with Crippen molar-refractivity contribution in [2.24, 2.45) is 0 Å². The summed E-state index contributed by atoms with van der Waals surface area (Å²) in [6, 6.07) is 0. The van der Waals surface area contributed by atoms with Gasteiger partial charge in [0.05, 0.1) is 5.75 Å². The van der Waals surface area contributed by atoms with E-state index in [9.17, 15) is 21.6 Å². The third-order valence-electron chi connectivity index (χ3n) is 3.06. The van der Waals surface area contributed by atoms with E-state index in [1.54, 1.807) is 0 Å². The molecule has 1 rings (SSSR count). The molecular formula is C10H17BrF3NO2S. The average molecular weight is 352 g/mol. The molecule has 0 bridgehead atoms. The quantitative estimate of drug-likeness (QED) is 0.747. The Morgan fingerprint density at radius 2 is 1.78 bits per heavy atom. The van der Waals surface area contributed by atoms with Crippen LogP contribution in [0.4, 0.5) is 13.2 Å². The van der Waals surface area contributed by atoms with Crippen LogP contribution in [-0.2, 0) is 10.0 Å². The normalized spacial score (nSPS) is 20.2. The van der Waals surface area contributed by atoms with Gasteiger partial charge in [0.25, 0.3) is 0 Å². The third kappa shape index (κ3) is 5.44. The standard InChI is InChI=1S/C10H17BrF3NO2S/c11-8-9(4-1-2-5-9)15-18(16,17)7-3-6-10(12,13)14/h15H,1-8H2. The van der Waals surface area contributed by atoms with Gasteiger partial charge < -0.3 is 0 Å². The topological polar surface area (TPSA) is 46.2 Å². The van der Waals surface area contributed by atoms with E-state index in [2.05, 4.69) is 20.7 Å². The SMILES string of the molecule is O=S(=O)(CCCC(F)(F)F)NC1(CBr)CCCC1. The zero-order chi connectivity index (χ0) is 13.9. The Morgan fingerprint density at radius 3 is 2.22 bits per heavy atom. The Hall–Kier alpha value is 0.180. The third-order valence-corrected chi connectivity index (χ3v) is 5.71. The highest BCUT2D eigenvalue weighted by atomic mass is 79.9. The molecule has 18 heavy (non-hydrogen) atoms. The molecule has 1 saturated carbocycles. The predicted molar refractivity (Wildman–Crippen MR) is 67.2 cm³/mol. The van der Waals surface area contributed by atoms with E-state index in [0.717, 1.165) is 25.7 Å². The van der Waals surface area contributed by atoms with E-state index in [1.807, 2.05) is 0 Å². The van der Waals surface area contributed by atoms with Crippen LogP contribution in [0.5, 0.6) is 0 Å². The molecule has 0 aromatic heterocycles. The van der Waals surface area contributed by atoms with E-state index in [4.69, 9.17) is 0 Å². The van der Waals surface area contributed by atoms with Gasteiger partial charge in [-0.2, -0.15) is 13.2 Å². The number of rotatable bonds is 6. The Labute approximate surface area is 114 Å². The number of nitrogens with one attached hydrogen (secondary N) is 1. The van der Waals surface area contributed by atoms with Crippen LogP contribution >= 0.6 is 15.9 Å². The fourth-order valence-corrected chi connectivity index (χ4v) is 4.61. The van der Waals surface area contributed by atoms with Gasteiger partial charge in [0.1, 0.15) is 0 Å². The van der Waals surface area contributed by atoms with Crippen molar-refractivity contribution in [3.8, 4) is 0 Å². The number of alkyl halides is 4. The first-order valence-electron chi connectivity index (χ1n) is 5.82. The minimum Gasteiger partial charge on any atom is -0.212 e. The Morgan fingerprint density at radius 1 is 1.22 bits per heavy atom. The van der Waals surface area contributed by atoms with Crippen molar-refractivity contribution >= 4 is 26.0 Å². The maximum Gasteiger partial charge on any atom is 0.389 e. The fourth-order valence-electron chi connectivity index (χ4n) is 2.16. The van der Waals surface area contributed by atoms with Crippen molar-refractivity contribution < 1.29 is 21.6 Å². The first-order chi connectivity index (χ1) is 8.18. The van der Waals surface area contributed by atoms with Gasteiger partial charge in [0.15, 0.2) is 0 Å².